The van der Waals surface area contributed by atoms with Crippen molar-refractivity contribution < 1.29 is 43.5 Å². The van der Waals surface area contributed by atoms with E-state index in [-0.39, 0.29) is 25.2 Å². The summed E-state index contributed by atoms with van der Waals surface area (Å²) in [4.78, 5) is 28.3. The standard InChI is InChI=1S/C28H37NO9/c1-27(2,32)8-5-9-28(33,14-21(30)34-3)26(31)38-25-22-18-13-20-19(36-15-37-20)12-16(18)6-10-29-11-7-17(23(22)29)24(25)35-4/h12-13,22-23,25,32-33H,5-11,14-15H2,1-4H3/t22-,23+,25-,28+/m0/s1. The highest BCUT2D eigenvalue weighted by Crippen LogP contribution is 2.52. The molecule has 208 valence electrons. The number of ether oxygens (including phenoxy) is 5. The van der Waals surface area contributed by atoms with Crippen molar-refractivity contribution in [2.45, 2.75) is 81.6 Å². The summed E-state index contributed by atoms with van der Waals surface area (Å²) in [5.41, 5.74) is 0.110. The lowest BCUT2D eigenvalue weighted by Gasteiger charge is -2.33. The molecule has 1 aromatic rings. The maximum absolute atomic E-state index is 13.7. The summed E-state index contributed by atoms with van der Waals surface area (Å²) in [6.45, 7) is 5.20. The van der Waals surface area contributed by atoms with Crippen molar-refractivity contribution in [1.29, 1.82) is 0 Å². The number of methoxy groups -OCH3 is 2. The Balaban J connectivity index is 1.48. The van der Waals surface area contributed by atoms with Crippen molar-refractivity contribution in [3.8, 4) is 11.5 Å². The van der Waals surface area contributed by atoms with Gasteiger partial charge in [0, 0.05) is 25.0 Å². The fraction of sp³-hybridized carbons (Fsp3) is 0.643. The first-order valence-corrected chi connectivity index (χ1v) is 13.2. The van der Waals surface area contributed by atoms with Crippen molar-refractivity contribution >= 4 is 11.9 Å². The van der Waals surface area contributed by atoms with Crippen LogP contribution in [0.1, 0.15) is 63.0 Å². The monoisotopic (exact) mass is 531 g/mol. The molecule has 0 amide bonds. The van der Waals surface area contributed by atoms with Crippen molar-refractivity contribution in [1.82, 2.24) is 4.90 Å². The van der Waals surface area contributed by atoms with E-state index in [0.29, 0.717) is 30.1 Å². The van der Waals surface area contributed by atoms with Gasteiger partial charge >= 0.3 is 11.9 Å². The van der Waals surface area contributed by atoms with Gasteiger partial charge in [-0.2, -0.15) is 0 Å². The van der Waals surface area contributed by atoms with Crippen LogP contribution in [0.4, 0.5) is 0 Å². The summed E-state index contributed by atoms with van der Waals surface area (Å²) in [5, 5.41) is 21.6. The van der Waals surface area contributed by atoms with Gasteiger partial charge in [0.1, 0.15) is 5.76 Å². The number of nitrogens with zero attached hydrogens (tertiary/aromatic N) is 1. The Bertz CT molecular complexity index is 1140. The minimum Gasteiger partial charge on any atom is -0.497 e. The number of esters is 2. The van der Waals surface area contributed by atoms with Crippen LogP contribution >= 0.6 is 0 Å². The Labute approximate surface area is 222 Å². The Hall–Kier alpha value is -2.82. The van der Waals surface area contributed by atoms with Crippen LogP contribution in [-0.2, 0) is 30.2 Å². The van der Waals surface area contributed by atoms with Crippen molar-refractivity contribution in [2.75, 3.05) is 34.1 Å². The predicted octanol–water partition coefficient (Wildman–Crippen LogP) is 2.19. The minimum absolute atomic E-state index is 0.00624. The molecule has 0 bridgehead atoms. The molecule has 2 N–H and O–H groups in total. The zero-order valence-electron chi connectivity index (χ0n) is 22.5. The first-order valence-electron chi connectivity index (χ1n) is 13.2. The van der Waals surface area contributed by atoms with Crippen molar-refractivity contribution in [3.05, 3.63) is 34.6 Å². The molecule has 1 aromatic carbocycles. The van der Waals surface area contributed by atoms with E-state index in [1.165, 1.54) is 7.11 Å². The molecular weight excluding hydrogens is 494 g/mol. The van der Waals surface area contributed by atoms with Gasteiger partial charge in [0.15, 0.2) is 23.2 Å². The summed E-state index contributed by atoms with van der Waals surface area (Å²) < 4.78 is 28.0. The first-order chi connectivity index (χ1) is 18.0. The number of carbonyl (C=O) groups is 2. The number of benzene rings is 1. The number of aliphatic hydroxyl groups is 2. The quantitative estimate of drug-likeness (QED) is 0.458. The molecule has 10 heteroatoms. The molecule has 1 saturated heterocycles. The van der Waals surface area contributed by atoms with E-state index in [9.17, 15) is 19.8 Å². The SMILES string of the molecule is COC(=O)C[C@](O)(CCCC(C)(C)O)C(=O)O[C@@H]1C(OC)=C2CCN3CCc4cc5c(cc4[C@H]1[C@@H]23)OCO5. The second-order valence-corrected chi connectivity index (χ2v) is 11.3. The molecular formula is C28H37NO9. The third-order valence-corrected chi connectivity index (χ3v) is 8.20. The first kappa shape index (κ1) is 26.8. The summed E-state index contributed by atoms with van der Waals surface area (Å²) in [7, 11) is 2.78. The second-order valence-electron chi connectivity index (χ2n) is 11.3. The Morgan fingerprint density at radius 2 is 1.79 bits per heavy atom. The topological polar surface area (TPSA) is 124 Å². The molecule has 0 spiro atoms. The number of hydrogen-bond acceptors (Lipinski definition) is 10. The molecule has 1 aliphatic carbocycles. The van der Waals surface area contributed by atoms with Crippen LogP contribution < -0.4 is 9.47 Å². The van der Waals surface area contributed by atoms with E-state index in [0.717, 1.165) is 42.6 Å². The molecule has 5 rings (SSSR count). The molecule has 1 fully saturated rings. The zero-order chi connectivity index (χ0) is 27.2. The maximum atomic E-state index is 13.7. The lowest BCUT2D eigenvalue weighted by molar-refractivity contribution is -0.178. The van der Waals surface area contributed by atoms with Crippen LogP contribution in [0.3, 0.4) is 0 Å². The average molecular weight is 532 g/mol. The van der Waals surface area contributed by atoms with Gasteiger partial charge in [-0.3, -0.25) is 9.69 Å². The van der Waals surface area contributed by atoms with Crippen LogP contribution in [0.5, 0.6) is 11.5 Å². The molecule has 3 aliphatic heterocycles. The van der Waals surface area contributed by atoms with Crippen LogP contribution in [0.25, 0.3) is 0 Å². The lowest BCUT2D eigenvalue weighted by atomic mass is 9.86. The summed E-state index contributed by atoms with van der Waals surface area (Å²) in [5.74, 6) is 0.0607. The van der Waals surface area contributed by atoms with E-state index in [4.69, 9.17) is 23.7 Å². The number of hydrogen-bond donors (Lipinski definition) is 2. The van der Waals surface area contributed by atoms with Gasteiger partial charge in [-0.05, 0) is 74.8 Å². The van der Waals surface area contributed by atoms with E-state index in [1.807, 2.05) is 12.1 Å². The lowest BCUT2D eigenvalue weighted by Crippen LogP contribution is -2.46. The fourth-order valence-electron chi connectivity index (χ4n) is 6.36. The van der Waals surface area contributed by atoms with Crippen LogP contribution in [-0.4, -0.2) is 84.5 Å². The average Bonchev–Trinajstić information content (AvgIpc) is 3.52. The molecule has 4 aliphatic rings. The molecule has 4 atom stereocenters. The molecule has 0 unspecified atom stereocenters. The Morgan fingerprint density at radius 1 is 1.08 bits per heavy atom. The van der Waals surface area contributed by atoms with Gasteiger partial charge in [-0.1, -0.05) is 0 Å². The van der Waals surface area contributed by atoms with Crippen LogP contribution in [0, 0.1) is 0 Å². The van der Waals surface area contributed by atoms with Gasteiger partial charge < -0.3 is 33.9 Å². The minimum atomic E-state index is -2.11. The third-order valence-electron chi connectivity index (χ3n) is 8.20. The van der Waals surface area contributed by atoms with Crippen molar-refractivity contribution in [2.24, 2.45) is 0 Å². The van der Waals surface area contributed by atoms with E-state index >= 15 is 0 Å². The third kappa shape index (κ3) is 4.85. The van der Waals surface area contributed by atoms with E-state index < -0.39 is 35.7 Å². The number of fused-ring (bicyclic) bond motifs is 3. The molecule has 10 nitrogen and oxygen atoms in total. The Morgan fingerprint density at radius 3 is 2.47 bits per heavy atom. The molecule has 0 saturated carbocycles. The summed E-state index contributed by atoms with van der Waals surface area (Å²) >= 11 is 0. The number of rotatable bonds is 9. The smallest absolute Gasteiger partial charge is 0.339 e. The van der Waals surface area contributed by atoms with Gasteiger partial charge in [-0.25, -0.2) is 4.79 Å². The van der Waals surface area contributed by atoms with Gasteiger partial charge in [0.05, 0.1) is 26.2 Å². The molecule has 0 radical (unpaired) electrons. The fourth-order valence-corrected chi connectivity index (χ4v) is 6.36. The van der Waals surface area contributed by atoms with Gasteiger partial charge in [0.2, 0.25) is 6.79 Å². The highest BCUT2D eigenvalue weighted by molar-refractivity contribution is 5.86. The predicted molar refractivity (Wildman–Crippen MR) is 135 cm³/mol. The largest absolute Gasteiger partial charge is 0.497 e. The summed E-state index contributed by atoms with van der Waals surface area (Å²) in [6.07, 6.45) is 0.865. The van der Waals surface area contributed by atoms with E-state index in [1.54, 1.807) is 21.0 Å². The van der Waals surface area contributed by atoms with E-state index in [2.05, 4.69) is 4.90 Å². The maximum Gasteiger partial charge on any atom is 0.339 e. The highest BCUT2D eigenvalue weighted by atomic mass is 16.7. The van der Waals surface area contributed by atoms with Crippen molar-refractivity contribution in [3.63, 3.8) is 0 Å². The molecule has 38 heavy (non-hydrogen) atoms. The van der Waals surface area contributed by atoms with Gasteiger partial charge in [0.25, 0.3) is 0 Å². The van der Waals surface area contributed by atoms with Gasteiger partial charge in [-0.15, -0.1) is 0 Å². The Kier molecular flexibility index (Phi) is 7.08. The zero-order valence-corrected chi connectivity index (χ0v) is 22.5. The molecule has 0 aromatic heterocycles. The number of carbonyl (C=O) groups excluding carboxylic acids is 2. The normalized spacial score (nSPS) is 25.4. The molecule has 3 heterocycles. The summed E-state index contributed by atoms with van der Waals surface area (Å²) in [6, 6.07) is 3.98. The van der Waals surface area contributed by atoms with Crippen LogP contribution in [0.15, 0.2) is 23.5 Å². The van der Waals surface area contributed by atoms with Crippen LogP contribution in [0.2, 0.25) is 0 Å². The highest BCUT2D eigenvalue weighted by Gasteiger charge is 2.55. The second kappa shape index (κ2) is 10.1.